The summed E-state index contributed by atoms with van der Waals surface area (Å²) in [6, 6.07) is 8.38. The van der Waals surface area contributed by atoms with Crippen LogP contribution in [0.25, 0.3) is 0 Å². The molecule has 0 radical (unpaired) electrons. The van der Waals surface area contributed by atoms with Crippen molar-refractivity contribution in [3.05, 3.63) is 59.2 Å². The minimum atomic E-state index is -0.945. The van der Waals surface area contributed by atoms with Crippen LogP contribution in [0.5, 0.6) is 11.5 Å². The van der Waals surface area contributed by atoms with E-state index in [4.69, 9.17) is 9.47 Å². The highest BCUT2D eigenvalue weighted by atomic mass is 19.1. The first-order valence-corrected chi connectivity index (χ1v) is 13.9. The van der Waals surface area contributed by atoms with Crippen LogP contribution in [0.4, 0.5) is 8.78 Å². The highest BCUT2D eigenvalue weighted by Crippen LogP contribution is 2.52. The number of para-hydroxylation sites is 1. The van der Waals surface area contributed by atoms with Crippen LogP contribution >= 0.6 is 0 Å². The summed E-state index contributed by atoms with van der Waals surface area (Å²) < 4.78 is 44.9. The van der Waals surface area contributed by atoms with Crippen molar-refractivity contribution in [2.75, 3.05) is 53.0 Å². The molecule has 0 aromatic heterocycles. The minimum absolute atomic E-state index is 0.0896. The molecule has 42 heavy (non-hydrogen) atoms. The molecule has 10 nitrogen and oxygen atoms in total. The standard InChI is InChI=1S/C30H33F2N3O7/c1-40-27(38)8-3-7-26(37)34-11-4-12-41-24-6-2-5-20-22-14-35(29(39)21-10-9-19(31)13-23(21)32)17-30(22,18-42-28(20)24)16-33-25(36)15-34/h2,5-6,9-10,13,22H,3-4,7-8,11-12,14-18H2,1H3,(H,33,36)/t22-,30+/m0/s1. The number of fused-ring (bicyclic) bond motifs is 9. The molecule has 1 saturated heterocycles. The summed E-state index contributed by atoms with van der Waals surface area (Å²) in [6.45, 7) is 1.05. The van der Waals surface area contributed by atoms with Gasteiger partial charge in [-0.1, -0.05) is 12.1 Å². The summed E-state index contributed by atoms with van der Waals surface area (Å²) in [7, 11) is 1.29. The Kier molecular flexibility index (Phi) is 8.60. The van der Waals surface area contributed by atoms with Crippen molar-refractivity contribution in [1.82, 2.24) is 15.1 Å². The van der Waals surface area contributed by atoms with Gasteiger partial charge >= 0.3 is 5.97 Å². The van der Waals surface area contributed by atoms with Gasteiger partial charge in [-0.15, -0.1) is 0 Å². The molecule has 224 valence electrons. The predicted molar refractivity (Wildman–Crippen MR) is 145 cm³/mol. The summed E-state index contributed by atoms with van der Waals surface area (Å²) in [6.07, 6.45) is 0.952. The van der Waals surface area contributed by atoms with Crippen molar-refractivity contribution in [2.24, 2.45) is 5.41 Å². The van der Waals surface area contributed by atoms with Gasteiger partial charge in [-0.3, -0.25) is 19.2 Å². The molecule has 4 aliphatic rings. The molecule has 2 aromatic rings. The van der Waals surface area contributed by atoms with Gasteiger partial charge in [-0.05, 0) is 31.0 Å². The molecule has 0 aliphatic carbocycles. The fourth-order valence-corrected chi connectivity index (χ4v) is 5.93. The molecular weight excluding hydrogens is 552 g/mol. The molecule has 3 amide bonds. The van der Waals surface area contributed by atoms with Crippen molar-refractivity contribution >= 4 is 23.7 Å². The van der Waals surface area contributed by atoms with Gasteiger partial charge in [-0.2, -0.15) is 0 Å². The molecule has 0 unspecified atom stereocenters. The normalized spacial score (nSPS) is 21.9. The molecule has 2 atom stereocenters. The largest absolute Gasteiger partial charge is 0.490 e. The molecule has 1 spiro atoms. The maximum atomic E-state index is 14.5. The van der Waals surface area contributed by atoms with E-state index < -0.39 is 28.9 Å². The van der Waals surface area contributed by atoms with Gasteiger partial charge in [0.05, 0.1) is 32.4 Å². The maximum absolute atomic E-state index is 14.5. The number of nitrogens with zero attached hydrogens (tertiary/aromatic N) is 2. The molecule has 1 N–H and O–H groups in total. The van der Waals surface area contributed by atoms with Gasteiger partial charge in [0, 0.05) is 62.0 Å². The van der Waals surface area contributed by atoms with Crippen LogP contribution in [-0.2, 0) is 19.1 Å². The van der Waals surface area contributed by atoms with E-state index in [1.165, 1.54) is 16.9 Å². The lowest BCUT2D eigenvalue weighted by atomic mass is 9.73. The molecule has 0 saturated carbocycles. The second-order valence-corrected chi connectivity index (χ2v) is 10.9. The van der Waals surface area contributed by atoms with Gasteiger partial charge < -0.3 is 29.3 Å². The summed E-state index contributed by atoms with van der Waals surface area (Å²) >= 11 is 0. The Labute approximate surface area is 241 Å². The average Bonchev–Trinajstić information content (AvgIpc) is 3.37. The monoisotopic (exact) mass is 585 g/mol. The Bertz CT molecular complexity index is 1390. The van der Waals surface area contributed by atoms with Crippen LogP contribution < -0.4 is 14.8 Å². The number of halogens is 2. The molecule has 4 aliphatic heterocycles. The first kappa shape index (κ1) is 29.3. The molecule has 2 aromatic carbocycles. The second-order valence-electron chi connectivity index (χ2n) is 10.9. The number of benzene rings is 2. The highest BCUT2D eigenvalue weighted by molar-refractivity contribution is 5.95. The van der Waals surface area contributed by atoms with Gasteiger partial charge in [0.15, 0.2) is 11.5 Å². The number of amides is 3. The van der Waals surface area contributed by atoms with Crippen LogP contribution in [0.2, 0.25) is 0 Å². The third-order valence-corrected chi connectivity index (χ3v) is 8.14. The van der Waals surface area contributed by atoms with Crippen LogP contribution in [0, 0.1) is 17.0 Å². The molecule has 12 heteroatoms. The number of rotatable bonds is 5. The molecule has 1 fully saturated rings. The number of hydrogen-bond acceptors (Lipinski definition) is 7. The zero-order valence-corrected chi connectivity index (χ0v) is 23.3. The SMILES string of the molecule is COC(=O)CCCC(=O)N1CCCOc2cccc3c2OC[C@@]2(CNC(=O)C1)CN(C(=O)c1ccc(F)cc1F)C[C@@H]32. The third kappa shape index (κ3) is 6.02. The first-order chi connectivity index (χ1) is 20.2. The number of methoxy groups -OCH3 is 1. The third-order valence-electron chi connectivity index (χ3n) is 8.14. The zero-order valence-electron chi connectivity index (χ0n) is 23.3. The van der Waals surface area contributed by atoms with Crippen LogP contribution in [0.3, 0.4) is 0 Å². The lowest BCUT2D eigenvalue weighted by Crippen LogP contribution is -2.50. The van der Waals surface area contributed by atoms with Gasteiger partial charge in [0.2, 0.25) is 11.8 Å². The second kappa shape index (κ2) is 12.3. The Morgan fingerprint density at radius 2 is 1.95 bits per heavy atom. The molecule has 4 bridgehead atoms. The molecule has 6 rings (SSSR count). The molecular formula is C30H33F2N3O7. The number of likely N-dealkylation sites (tertiary alicyclic amines) is 1. The number of hydrogen-bond donors (Lipinski definition) is 1. The maximum Gasteiger partial charge on any atom is 0.305 e. The smallest absolute Gasteiger partial charge is 0.305 e. The Morgan fingerprint density at radius 1 is 1.12 bits per heavy atom. The van der Waals surface area contributed by atoms with E-state index in [0.29, 0.717) is 30.4 Å². The van der Waals surface area contributed by atoms with E-state index >= 15 is 0 Å². The topological polar surface area (TPSA) is 114 Å². The van der Waals surface area contributed by atoms with Crippen molar-refractivity contribution < 1.29 is 42.2 Å². The summed E-state index contributed by atoms with van der Waals surface area (Å²) in [5.41, 5.74) is -0.158. The zero-order chi connectivity index (χ0) is 29.9. The van der Waals surface area contributed by atoms with E-state index in [0.717, 1.165) is 17.7 Å². The van der Waals surface area contributed by atoms with Crippen LogP contribution in [0.1, 0.15) is 47.5 Å². The van der Waals surface area contributed by atoms with E-state index in [1.54, 1.807) is 6.07 Å². The van der Waals surface area contributed by atoms with Crippen LogP contribution in [0.15, 0.2) is 36.4 Å². The number of nitrogens with one attached hydrogen (secondary N) is 1. The quantitative estimate of drug-likeness (QED) is 0.537. The lowest BCUT2D eigenvalue weighted by molar-refractivity contribution is -0.141. The Balaban J connectivity index is 1.39. The highest BCUT2D eigenvalue weighted by Gasteiger charge is 2.53. The Morgan fingerprint density at radius 3 is 2.74 bits per heavy atom. The lowest BCUT2D eigenvalue weighted by Gasteiger charge is -2.40. The number of esters is 1. The van der Waals surface area contributed by atoms with Gasteiger partial charge in [0.1, 0.15) is 11.6 Å². The number of carbonyl (C=O) groups excluding carboxylic acids is 4. The van der Waals surface area contributed by atoms with E-state index in [-0.39, 0.29) is 82.1 Å². The fraction of sp³-hybridized carbons (Fsp3) is 0.467. The predicted octanol–water partition coefficient (Wildman–Crippen LogP) is 2.65. The molecule has 4 heterocycles. The average molecular weight is 586 g/mol. The van der Waals surface area contributed by atoms with Crippen LogP contribution in [-0.4, -0.2) is 86.5 Å². The summed E-state index contributed by atoms with van der Waals surface area (Å²) in [5.74, 6) is -2.52. The van der Waals surface area contributed by atoms with E-state index in [1.807, 2.05) is 12.1 Å². The van der Waals surface area contributed by atoms with E-state index in [9.17, 15) is 28.0 Å². The number of ether oxygens (including phenoxy) is 3. The van der Waals surface area contributed by atoms with Crippen molar-refractivity contribution in [1.29, 1.82) is 0 Å². The van der Waals surface area contributed by atoms with E-state index in [2.05, 4.69) is 10.1 Å². The van der Waals surface area contributed by atoms with Crippen molar-refractivity contribution in [3.8, 4) is 11.5 Å². The van der Waals surface area contributed by atoms with Gasteiger partial charge in [0.25, 0.3) is 5.91 Å². The summed E-state index contributed by atoms with van der Waals surface area (Å²) in [4.78, 5) is 53.9. The first-order valence-electron chi connectivity index (χ1n) is 13.9. The van der Waals surface area contributed by atoms with Crippen molar-refractivity contribution in [2.45, 2.75) is 31.6 Å². The number of carbonyl (C=O) groups is 4. The summed E-state index contributed by atoms with van der Waals surface area (Å²) in [5, 5.41) is 2.94. The fourth-order valence-electron chi connectivity index (χ4n) is 5.93. The van der Waals surface area contributed by atoms with Crippen molar-refractivity contribution in [3.63, 3.8) is 0 Å². The minimum Gasteiger partial charge on any atom is -0.490 e. The Hall–Kier alpha value is -4.22. The van der Waals surface area contributed by atoms with Gasteiger partial charge in [-0.25, -0.2) is 8.78 Å².